The maximum Gasteiger partial charge on any atom is 0.323 e. The van der Waals surface area contributed by atoms with E-state index in [9.17, 15) is 9.90 Å². The number of anilines is 3. The van der Waals surface area contributed by atoms with Crippen molar-refractivity contribution in [3.05, 3.63) is 96.7 Å². The van der Waals surface area contributed by atoms with Crippen LogP contribution >= 0.6 is 11.8 Å². The Morgan fingerprint density at radius 2 is 1.47 bits per heavy atom. The third kappa shape index (κ3) is 6.81. The van der Waals surface area contributed by atoms with Crippen LogP contribution in [0, 0.1) is 0 Å². The highest BCUT2D eigenvalue weighted by molar-refractivity contribution is 7.98. The topological polar surface area (TPSA) is 99.2 Å². The number of rotatable bonds is 9. The molecule has 172 valence electrons. The first-order valence-corrected chi connectivity index (χ1v) is 11.8. The van der Waals surface area contributed by atoms with Gasteiger partial charge in [0.15, 0.2) is 5.82 Å². The van der Waals surface area contributed by atoms with E-state index in [0.717, 1.165) is 21.8 Å². The third-order valence-electron chi connectivity index (χ3n) is 4.76. The third-order valence-corrected chi connectivity index (χ3v) is 5.81. The fourth-order valence-corrected chi connectivity index (χ4v) is 3.98. The highest BCUT2D eigenvalue weighted by Gasteiger charge is 2.09. The lowest BCUT2D eigenvalue weighted by molar-refractivity contribution is 0.262. The van der Waals surface area contributed by atoms with Crippen molar-refractivity contribution in [3.63, 3.8) is 0 Å². The van der Waals surface area contributed by atoms with Crippen LogP contribution in [-0.2, 0) is 5.75 Å². The van der Waals surface area contributed by atoms with E-state index >= 15 is 0 Å². The van der Waals surface area contributed by atoms with Crippen molar-refractivity contribution < 1.29 is 9.90 Å². The van der Waals surface area contributed by atoms with Crippen LogP contribution in [0.2, 0.25) is 0 Å². The number of nitrogens with zero attached hydrogens (tertiary/aromatic N) is 2. The van der Waals surface area contributed by atoms with E-state index in [-0.39, 0.29) is 12.6 Å². The quantitative estimate of drug-likeness (QED) is 0.241. The number of para-hydroxylation sites is 1. The summed E-state index contributed by atoms with van der Waals surface area (Å²) in [5.41, 5.74) is 3.08. The summed E-state index contributed by atoms with van der Waals surface area (Å²) in [6.45, 7) is 0.417. The summed E-state index contributed by atoms with van der Waals surface area (Å²) in [7, 11) is 0. The van der Waals surface area contributed by atoms with Gasteiger partial charge < -0.3 is 21.1 Å². The molecule has 0 unspecified atom stereocenters. The van der Waals surface area contributed by atoms with Crippen molar-refractivity contribution in [1.82, 2.24) is 9.97 Å². The largest absolute Gasteiger partial charge is 0.395 e. The van der Waals surface area contributed by atoms with Gasteiger partial charge in [-0.3, -0.25) is 0 Å². The molecule has 0 saturated heterocycles. The summed E-state index contributed by atoms with van der Waals surface area (Å²) in [5, 5.41) is 17.9. The summed E-state index contributed by atoms with van der Waals surface area (Å²) in [4.78, 5) is 22.7. The van der Waals surface area contributed by atoms with E-state index in [4.69, 9.17) is 4.98 Å². The normalized spacial score (nSPS) is 10.5. The number of hydrogen-bond acceptors (Lipinski definition) is 6. The molecule has 0 saturated carbocycles. The molecular formula is C26H25N5O2S. The Bertz CT molecular complexity index is 1210. The van der Waals surface area contributed by atoms with Crippen LogP contribution in [0.5, 0.6) is 0 Å². The van der Waals surface area contributed by atoms with Crippen LogP contribution in [0.4, 0.5) is 22.0 Å². The highest BCUT2D eigenvalue weighted by Crippen LogP contribution is 2.25. The van der Waals surface area contributed by atoms with Gasteiger partial charge in [-0.15, -0.1) is 11.8 Å². The fourth-order valence-electron chi connectivity index (χ4n) is 3.17. The highest BCUT2D eigenvalue weighted by atomic mass is 32.2. The van der Waals surface area contributed by atoms with E-state index in [2.05, 4.69) is 33.1 Å². The van der Waals surface area contributed by atoms with Crippen LogP contribution in [0.25, 0.3) is 11.4 Å². The van der Waals surface area contributed by atoms with Gasteiger partial charge in [0.25, 0.3) is 0 Å². The monoisotopic (exact) mass is 471 g/mol. The van der Waals surface area contributed by atoms with Crippen molar-refractivity contribution in [3.8, 4) is 11.4 Å². The Morgan fingerprint density at radius 1 is 0.824 bits per heavy atom. The maximum absolute atomic E-state index is 12.2. The predicted molar refractivity (Wildman–Crippen MR) is 138 cm³/mol. The Balaban J connectivity index is 1.47. The molecule has 0 radical (unpaired) electrons. The van der Waals surface area contributed by atoms with E-state index in [1.54, 1.807) is 11.8 Å². The molecule has 4 aromatic rings. The number of nitrogens with one attached hydrogen (secondary N) is 3. The first-order valence-electron chi connectivity index (χ1n) is 10.8. The zero-order chi connectivity index (χ0) is 23.6. The first-order chi connectivity index (χ1) is 16.7. The van der Waals surface area contributed by atoms with Crippen LogP contribution < -0.4 is 16.0 Å². The Hall–Kier alpha value is -3.88. The molecule has 0 fully saturated rings. The molecule has 0 aliphatic heterocycles. The predicted octanol–water partition coefficient (Wildman–Crippen LogP) is 5.48. The number of benzene rings is 3. The zero-order valence-electron chi connectivity index (χ0n) is 18.4. The van der Waals surface area contributed by atoms with Gasteiger partial charge in [-0.1, -0.05) is 36.4 Å². The lowest BCUT2D eigenvalue weighted by Gasteiger charge is -2.11. The number of hydrogen-bond donors (Lipinski definition) is 4. The number of aromatic nitrogens is 2. The molecule has 2 amide bonds. The van der Waals surface area contributed by atoms with E-state index in [1.807, 2.05) is 78.9 Å². The molecule has 4 N–H and O–H groups in total. The SMILES string of the molecule is O=C(Nc1ccccc1)Nc1ccc(-c2nc(CSc3ccccc3)cc(NCCO)n2)cc1. The van der Waals surface area contributed by atoms with Crippen molar-refractivity contribution in [2.24, 2.45) is 0 Å². The van der Waals surface area contributed by atoms with Gasteiger partial charge in [-0.25, -0.2) is 14.8 Å². The number of carbonyl (C=O) groups is 1. The average molecular weight is 472 g/mol. The van der Waals surface area contributed by atoms with Crippen molar-refractivity contribution in [1.29, 1.82) is 0 Å². The van der Waals surface area contributed by atoms with Crippen LogP contribution in [-0.4, -0.2) is 34.3 Å². The van der Waals surface area contributed by atoms with E-state index in [1.165, 1.54) is 0 Å². The minimum atomic E-state index is -0.314. The Morgan fingerprint density at radius 3 is 2.15 bits per heavy atom. The molecule has 0 aliphatic rings. The first kappa shape index (κ1) is 23.3. The van der Waals surface area contributed by atoms with Gasteiger partial charge in [0, 0.05) is 40.2 Å². The van der Waals surface area contributed by atoms with Crippen LogP contribution in [0.1, 0.15) is 5.69 Å². The van der Waals surface area contributed by atoms with E-state index in [0.29, 0.717) is 29.6 Å². The molecule has 0 atom stereocenters. The number of thioether (sulfide) groups is 1. The molecule has 4 rings (SSSR count). The summed E-state index contributed by atoms with van der Waals surface area (Å²) in [6.07, 6.45) is 0. The Labute approximate surface area is 202 Å². The van der Waals surface area contributed by atoms with Crippen molar-refractivity contribution >= 4 is 35.0 Å². The molecule has 7 nitrogen and oxygen atoms in total. The molecule has 0 aliphatic carbocycles. The molecule has 0 bridgehead atoms. The van der Waals surface area contributed by atoms with Gasteiger partial charge in [0.1, 0.15) is 5.82 Å². The zero-order valence-corrected chi connectivity index (χ0v) is 19.3. The molecule has 34 heavy (non-hydrogen) atoms. The molecular weight excluding hydrogens is 446 g/mol. The maximum atomic E-state index is 12.2. The fraction of sp³-hybridized carbons (Fsp3) is 0.115. The summed E-state index contributed by atoms with van der Waals surface area (Å²) >= 11 is 1.70. The van der Waals surface area contributed by atoms with Crippen LogP contribution in [0.15, 0.2) is 95.9 Å². The molecule has 0 spiro atoms. The molecule has 1 aromatic heterocycles. The number of amides is 2. The van der Waals surface area contributed by atoms with Gasteiger partial charge >= 0.3 is 6.03 Å². The van der Waals surface area contributed by atoms with Crippen molar-refractivity contribution in [2.75, 3.05) is 29.1 Å². The summed E-state index contributed by atoms with van der Waals surface area (Å²) in [6, 6.07) is 28.4. The van der Waals surface area contributed by atoms with E-state index < -0.39 is 0 Å². The lowest BCUT2D eigenvalue weighted by Crippen LogP contribution is -2.19. The van der Waals surface area contributed by atoms with Gasteiger partial charge in [0.05, 0.1) is 12.3 Å². The lowest BCUT2D eigenvalue weighted by atomic mass is 10.2. The van der Waals surface area contributed by atoms with Gasteiger partial charge in [0.2, 0.25) is 0 Å². The summed E-state index contributed by atoms with van der Waals surface area (Å²) < 4.78 is 0. The van der Waals surface area contributed by atoms with Gasteiger partial charge in [-0.2, -0.15) is 0 Å². The second-order valence-corrected chi connectivity index (χ2v) is 8.39. The smallest absolute Gasteiger partial charge is 0.323 e. The molecule has 1 heterocycles. The molecule has 8 heteroatoms. The van der Waals surface area contributed by atoms with Gasteiger partial charge in [-0.05, 0) is 48.5 Å². The van der Waals surface area contributed by atoms with Crippen molar-refractivity contribution in [2.45, 2.75) is 10.6 Å². The Kier molecular flexibility index (Phi) is 8.10. The minimum absolute atomic E-state index is 0.0127. The van der Waals surface area contributed by atoms with Crippen LogP contribution in [0.3, 0.4) is 0 Å². The minimum Gasteiger partial charge on any atom is -0.395 e. The molecule has 3 aromatic carbocycles. The number of aliphatic hydroxyl groups excluding tert-OH is 1. The number of carbonyl (C=O) groups excluding carboxylic acids is 1. The number of aliphatic hydroxyl groups is 1. The number of urea groups is 1. The second-order valence-electron chi connectivity index (χ2n) is 7.34. The average Bonchev–Trinajstić information content (AvgIpc) is 2.88. The standard InChI is InChI=1S/C26H25N5O2S/c32-16-15-27-24-17-22(18-34-23-9-5-2-6-10-23)28-25(31-24)19-11-13-21(14-12-19)30-26(33)29-20-7-3-1-4-8-20/h1-14,17,32H,15-16,18H2,(H,27,28,31)(H2,29,30,33). The summed E-state index contributed by atoms with van der Waals surface area (Å²) in [5.74, 6) is 1.92. The second kappa shape index (κ2) is 11.8.